The molecular formula is C10H8FNO3S. The van der Waals surface area contributed by atoms with Gasteiger partial charge in [0.05, 0.1) is 24.8 Å². The Morgan fingerprint density at radius 3 is 2.56 bits per heavy atom. The third kappa shape index (κ3) is 1.68. The van der Waals surface area contributed by atoms with Crippen LogP contribution in [0.5, 0.6) is 0 Å². The van der Waals surface area contributed by atoms with Gasteiger partial charge in [-0.25, -0.2) is 12.8 Å². The van der Waals surface area contributed by atoms with Crippen molar-refractivity contribution in [3.8, 4) is 6.07 Å². The van der Waals surface area contributed by atoms with E-state index in [2.05, 4.69) is 0 Å². The van der Waals surface area contributed by atoms with Gasteiger partial charge >= 0.3 is 0 Å². The number of hydrogen-bond acceptors (Lipinski definition) is 4. The molecule has 0 aliphatic carbocycles. The number of rotatable bonds is 2. The Bertz CT molecular complexity index is 558. The topological polar surface area (TPSA) is 67.2 Å². The summed E-state index contributed by atoms with van der Waals surface area (Å²) in [4.78, 5) is -0.361. The standard InChI is InChI=1S/C10H8FNO3S/c11-9-3-7(4-12)1-2-10(9)16(13,14)8-5-15-6-8/h1-3,8H,5-6H2. The molecule has 0 amide bonds. The lowest BCUT2D eigenvalue weighted by atomic mass is 10.2. The first kappa shape index (κ1) is 11.0. The molecule has 1 aromatic carbocycles. The fourth-order valence-electron chi connectivity index (χ4n) is 1.37. The highest BCUT2D eigenvalue weighted by Crippen LogP contribution is 2.24. The van der Waals surface area contributed by atoms with Crippen LogP contribution in [-0.2, 0) is 14.6 Å². The Labute approximate surface area is 92.2 Å². The first-order chi connectivity index (χ1) is 7.55. The molecule has 0 saturated carbocycles. The summed E-state index contributed by atoms with van der Waals surface area (Å²) in [6, 6.07) is 5.08. The van der Waals surface area contributed by atoms with Crippen molar-refractivity contribution in [3.05, 3.63) is 29.6 Å². The SMILES string of the molecule is N#Cc1ccc(S(=O)(=O)C2COC2)c(F)c1. The average molecular weight is 241 g/mol. The van der Waals surface area contributed by atoms with Gasteiger partial charge in [-0.15, -0.1) is 0 Å². The van der Waals surface area contributed by atoms with Crippen LogP contribution in [0.3, 0.4) is 0 Å². The lowest BCUT2D eigenvalue weighted by Gasteiger charge is -2.25. The zero-order valence-electron chi connectivity index (χ0n) is 8.18. The van der Waals surface area contributed by atoms with Crippen LogP contribution in [-0.4, -0.2) is 26.9 Å². The van der Waals surface area contributed by atoms with Crippen molar-refractivity contribution in [2.24, 2.45) is 0 Å². The van der Waals surface area contributed by atoms with Crippen LogP contribution in [0, 0.1) is 17.1 Å². The van der Waals surface area contributed by atoms with Gasteiger partial charge in [-0.2, -0.15) is 5.26 Å². The van der Waals surface area contributed by atoms with E-state index in [9.17, 15) is 12.8 Å². The van der Waals surface area contributed by atoms with Crippen molar-refractivity contribution >= 4 is 9.84 Å². The third-order valence-corrected chi connectivity index (χ3v) is 4.51. The van der Waals surface area contributed by atoms with Gasteiger partial charge in [0, 0.05) is 0 Å². The van der Waals surface area contributed by atoms with Crippen molar-refractivity contribution in [2.45, 2.75) is 10.1 Å². The molecule has 0 aromatic heterocycles. The van der Waals surface area contributed by atoms with Crippen molar-refractivity contribution in [2.75, 3.05) is 13.2 Å². The van der Waals surface area contributed by atoms with E-state index in [1.165, 1.54) is 6.07 Å². The van der Waals surface area contributed by atoms with Crippen LogP contribution < -0.4 is 0 Å². The molecule has 2 rings (SSSR count). The first-order valence-corrected chi connectivity index (χ1v) is 6.11. The summed E-state index contributed by atoms with van der Waals surface area (Å²) in [6.07, 6.45) is 0. The van der Waals surface area contributed by atoms with Gasteiger partial charge in [0.1, 0.15) is 16.0 Å². The van der Waals surface area contributed by atoms with E-state index in [0.717, 1.165) is 12.1 Å². The molecule has 1 heterocycles. The number of nitriles is 1. The van der Waals surface area contributed by atoms with Crippen molar-refractivity contribution in [3.63, 3.8) is 0 Å². The highest BCUT2D eigenvalue weighted by Gasteiger charge is 2.35. The molecule has 1 aliphatic rings. The molecule has 4 nitrogen and oxygen atoms in total. The summed E-state index contributed by atoms with van der Waals surface area (Å²) in [6.45, 7) is 0.198. The van der Waals surface area contributed by atoms with Gasteiger partial charge in [0.25, 0.3) is 0 Å². The molecule has 84 valence electrons. The van der Waals surface area contributed by atoms with E-state index in [-0.39, 0.29) is 23.7 Å². The maximum Gasteiger partial charge on any atom is 0.188 e. The lowest BCUT2D eigenvalue weighted by molar-refractivity contribution is 0.0415. The number of nitrogens with zero attached hydrogens (tertiary/aromatic N) is 1. The summed E-state index contributed by atoms with van der Waals surface area (Å²) in [5.41, 5.74) is 0.0984. The Balaban J connectivity index is 2.45. The number of sulfone groups is 1. The van der Waals surface area contributed by atoms with E-state index in [4.69, 9.17) is 10.00 Å². The van der Waals surface area contributed by atoms with Crippen molar-refractivity contribution in [1.82, 2.24) is 0 Å². The van der Waals surface area contributed by atoms with Crippen LogP contribution in [0.4, 0.5) is 4.39 Å². The van der Waals surface area contributed by atoms with E-state index >= 15 is 0 Å². The number of benzene rings is 1. The average Bonchev–Trinajstić information content (AvgIpc) is 2.13. The second kappa shape index (κ2) is 3.85. The molecule has 1 fully saturated rings. The molecule has 0 radical (unpaired) electrons. The van der Waals surface area contributed by atoms with Gasteiger partial charge in [-0.3, -0.25) is 0 Å². The van der Waals surface area contributed by atoms with Crippen LogP contribution in [0.15, 0.2) is 23.1 Å². The van der Waals surface area contributed by atoms with E-state index < -0.39 is 20.9 Å². The van der Waals surface area contributed by atoms with E-state index in [1.807, 2.05) is 0 Å². The Morgan fingerprint density at radius 1 is 1.44 bits per heavy atom. The van der Waals surface area contributed by atoms with Gasteiger partial charge in [0.2, 0.25) is 0 Å². The molecule has 1 aromatic rings. The molecule has 0 spiro atoms. The number of ether oxygens (including phenoxy) is 1. The Morgan fingerprint density at radius 2 is 2.12 bits per heavy atom. The minimum atomic E-state index is -3.67. The molecule has 0 N–H and O–H groups in total. The Kier molecular flexibility index (Phi) is 2.66. The monoisotopic (exact) mass is 241 g/mol. The van der Waals surface area contributed by atoms with Gasteiger partial charge in [0.15, 0.2) is 9.84 Å². The number of hydrogen-bond donors (Lipinski definition) is 0. The van der Waals surface area contributed by atoms with Crippen molar-refractivity contribution in [1.29, 1.82) is 5.26 Å². The fourth-order valence-corrected chi connectivity index (χ4v) is 2.87. The number of halogens is 1. The van der Waals surface area contributed by atoms with E-state index in [0.29, 0.717) is 0 Å². The summed E-state index contributed by atoms with van der Waals surface area (Å²) in [7, 11) is -3.67. The smallest absolute Gasteiger partial charge is 0.188 e. The minimum Gasteiger partial charge on any atom is -0.379 e. The van der Waals surface area contributed by atoms with E-state index in [1.54, 1.807) is 6.07 Å². The molecule has 1 aliphatic heterocycles. The molecule has 0 atom stereocenters. The first-order valence-electron chi connectivity index (χ1n) is 4.57. The molecule has 16 heavy (non-hydrogen) atoms. The molecule has 0 unspecified atom stereocenters. The predicted octanol–water partition coefficient (Wildman–Crippen LogP) is 0.870. The highest BCUT2D eigenvalue weighted by atomic mass is 32.2. The summed E-state index contributed by atoms with van der Waals surface area (Å²) in [5.74, 6) is -0.883. The summed E-state index contributed by atoms with van der Waals surface area (Å²) in [5, 5.41) is 7.86. The van der Waals surface area contributed by atoms with Crippen molar-refractivity contribution < 1.29 is 17.5 Å². The lowest BCUT2D eigenvalue weighted by Crippen LogP contribution is -2.40. The van der Waals surface area contributed by atoms with Gasteiger partial charge in [-0.1, -0.05) is 0 Å². The van der Waals surface area contributed by atoms with Gasteiger partial charge < -0.3 is 4.74 Å². The fraction of sp³-hybridized carbons (Fsp3) is 0.300. The zero-order valence-corrected chi connectivity index (χ0v) is 9.00. The second-order valence-electron chi connectivity index (χ2n) is 3.46. The van der Waals surface area contributed by atoms with Crippen LogP contribution in [0.25, 0.3) is 0 Å². The minimum absolute atomic E-state index is 0.0984. The van der Waals surface area contributed by atoms with Crippen LogP contribution >= 0.6 is 0 Å². The predicted molar refractivity (Wildman–Crippen MR) is 52.9 cm³/mol. The van der Waals surface area contributed by atoms with Crippen LogP contribution in [0.1, 0.15) is 5.56 Å². The third-order valence-electron chi connectivity index (χ3n) is 2.41. The highest BCUT2D eigenvalue weighted by molar-refractivity contribution is 7.92. The maximum absolute atomic E-state index is 13.5. The summed E-state index contributed by atoms with van der Waals surface area (Å²) >= 11 is 0. The largest absolute Gasteiger partial charge is 0.379 e. The van der Waals surface area contributed by atoms with Crippen LogP contribution in [0.2, 0.25) is 0 Å². The maximum atomic E-state index is 13.5. The quantitative estimate of drug-likeness (QED) is 0.770. The normalized spacial score (nSPS) is 16.5. The molecular weight excluding hydrogens is 233 g/mol. The van der Waals surface area contributed by atoms with Gasteiger partial charge in [-0.05, 0) is 18.2 Å². The summed E-state index contributed by atoms with van der Waals surface area (Å²) < 4.78 is 41.9. The Hall–Kier alpha value is -1.45. The second-order valence-corrected chi connectivity index (χ2v) is 5.66. The molecule has 1 saturated heterocycles. The molecule has 6 heteroatoms. The molecule has 0 bridgehead atoms. The zero-order chi connectivity index (χ0) is 11.8.